The minimum atomic E-state index is 0.910. The first-order chi connectivity index (χ1) is 35.2. The molecule has 1 heterocycles. The third kappa shape index (κ3) is 7.78. The zero-order chi connectivity index (χ0) is 47.1. The van der Waals surface area contributed by atoms with Crippen LogP contribution in [0.5, 0.6) is 0 Å². The van der Waals surface area contributed by atoms with Gasteiger partial charge in [-0.2, -0.15) is 0 Å². The highest BCUT2D eigenvalue weighted by Crippen LogP contribution is 2.48. The summed E-state index contributed by atoms with van der Waals surface area (Å²) >= 11 is 0. The van der Waals surface area contributed by atoms with Gasteiger partial charge in [-0.1, -0.05) is 206 Å². The minimum Gasteiger partial charge on any atom is -0.292 e. The van der Waals surface area contributed by atoms with Crippen LogP contribution in [0.3, 0.4) is 0 Å². The van der Waals surface area contributed by atoms with Crippen molar-refractivity contribution < 1.29 is 0 Å². The maximum absolute atomic E-state index is 5.26. The van der Waals surface area contributed by atoms with Crippen molar-refractivity contribution in [3.63, 3.8) is 0 Å². The normalized spacial score (nSPS) is 11.4. The maximum atomic E-state index is 5.26. The van der Waals surface area contributed by atoms with Gasteiger partial charge in [-0.3, -0.25) is 4.57 Å². The second-order valence-electron chi connectivity index (χ2n) is 18.3. The summed E-state index contributed by atoms with van der Waals surface area (Å²) in [6.45, 7) is 0. The molecule has 0 fully saturated rings. The lowest BCUT2D eigenvalue weighted by Gasteiger charge is -2.21. The van der Waals surface area contributed by atoms with Gasteiger partial charge in [-0.15, -0.1) is 0 Å². The first-order valence-electron chi connectivity index (χ1n) is 24.3. The number of fused-ring (bicyclic) bond motifs is 3. The van der Waals surface area contributed by atoms with Crippen LogP contribution in [-0.2, 0) is 0 Å². The van der Waals surface area contributed by atoms with Crippen LogP contribution >= 0.6 is 0 Å². The van der Waals surface area contributed by atoms with E-state index in [0.717, 1.165) is 39.2 Å². The molecular weight excluding hydrogens is 857 g/mol. The van der Waals surface area contributed by atoms with Crippen molar-refractivity contribution in [1.82, 2.24) is 9.55 Å². The highest BCUT2D eigenvalue weighted by molar-refractivity contribution is 6.22. The predicted molar refractivity (Wildman–Crippen MR) is 300 cm³/mol. The quantitative estimate of drug-likeness (QED) is 0.132. The largest absolute Gasteiger partial charge is 0.292 e. The first kappa shape index (κ1) is 41.8. The highest BCUT2D eigenvalue weighted by Gasteiger charge is 2.21. The van der Waals surface area contributed by atoms with Gasteiger partial charge < -0.3 is 0 Å². The van der Waals surface area contributed by atoms with E-state index in [9.17, 15) is 0 Å². The van der Waals surface area contributed by atoms with E-state index in [0.29, 0.717) is 0 Å². The standard InChI is InChI=1S/C69H46N2/c1-6-21-47(22-7-1)54-40-55(48-23-8-2-9-24-48)43-58(42-54)67-61-33-16-17-34-62(61)68(59-44-56(49-25-10-3-11-26-49)41-57(45-59)50-27-12-4-13-28-50)64-46-52(37-38-63(64)67)51-29-20-30-53(39-51)69-70-65-35-18-19-36-66(65)71(69)60-31-14-5-15-32-60/h1-46H. The molecule has 0 atom stereocenters. The lowest BCUT2D eigenvalue weighted by molar-refractivity contribution is 1.10. The summed E-state index contributed by atoms with van der Waals surface area (Å²) in [5.74, 6) is 0.910. The van der Waals surface area contributed by atoms with Crippen LogP contribution in [0.2, 0.25) is 0 Å². The molecule has 0 bridgehead atoms. The summed E-state index contributed by atoms with van der Waals surface area (Å²) in [5.41, 5.74) is 20.7. The van der Waals surface area contributed by atoms with Gasteiger partial charge in [0.15, 0.2) is 0 Å². The maximum Gasteiger partial charge on any atom is 0.145 e. The molecular formula is C69H46N2. The Balaban J connectivity index is 1.10. The fraction of sp³-hybridized carbons (Fsp3) is 0. The SMILES string of the molecule is c1ccc(-c2cc(-c3ccccc3)cc(-c3c4ccccc4c(-c4cc(-c5ccccc5)cc(-c5ccccc5)c4)c4cc(-c5cccc(-c6nc7ccccc7n6-c6ccccc6)c5)ccc34)c2)cc1. The fourth-order valence-corrected chi connectivity index (χ4v) is 10.6. The lowest BCUT2D eigenvalue weighted by atomic mass is 9.82. The summed E-state index contributed by atoms with van der Waals surface area (Å²) in [6.07, 6.45) is 0. The molecule has 12 aromatic carbocycles. The highest BCUT2D eigenvalue weighted by atomic mass is 15.1. The Bertz CT molecular complexity index is 3950. The second-order valence-corrected chi connectivity index (χ2v) is 18.3. The molecule has 0 saturated heterocycles. The molecule has 71 heavy (non-hydrogen) atoms. The molecule has 13 rings (SSSR count). The van der Waals surface area contributed by atoms with Crippen LogP contribution in [0.1, 0.15) is 0 Å². The monoisotopic (exact) mass is 902 g/mol. The molecule has 2 heteroatoms. The van der Waals surface area contributed by atoms with E-state index in [2.05, 4.69) is 284 Å². The third-order valence-electron chi connectivity index (χ3n) is 13.9. The van der Waals surface area contributed by atoms with Gasteiger partial charge in [0.1, 0.15) is 5.82 Å². The van der Waals surface area contributed by atoms with E-state index in [1.54, 1.807) is 0 Å². The van der Waals surface area contributed by atoms with Crippen LogP contribution < -0.4 is 0 Å². The molecule has 0 radical (unpaired) electrons. The van der Waals surface area contributed by atoms with Crippen molar-refractivity contribution >= 4 is 32.6 Å². The van der Waals surface area contributed by atoms with Crippen LogP contribution in [0.25, 0.3) is 128 Å². The smallest absolute Gasteiger partial charge is 0.145 e. The number of para-hydroxylation sites is 3. The molecule has 0 spiro atoms. The zero-order valence-electron chi connectivity index (χ0n) is 39.0. The molecule has 0 amide bonds. The summed E-state index contributed by atoms with van der Waals surface area (Å²) in [7, 11) is 0. The van der Waals surface area contributed by atoms with Crippen LogP contribution in [0.4, 0.5) is 0 Å². The van der Waals surface area contributed by atoms with E-state index < -0.39 is 0 Å². The summed E-state index contributed by atoms with van der Waals surface area (Å²) in [4.78, 5) is 5.26. The number of hydrogen-bond acceptors (Lipinski definition) is 1. The van der Waals surface area contributed by atoms with Crippen molar-refractivity contribution in [2.45, 2.75) is 0 Å². The van der Waals surface area contributed by atoms with Gasteiger partial charge >= 0.3 is 0 Å². The molecule has 1 aromatic heterocycles. The van der Waals surface area contributed by atoms with Crippen molar-refractivity contribution in [3.05, 3.63) is 279 Å². The Labute approximate surface area is 414 Å². The van der Waals surface area contributed by atoms with E-state index in [4.69, 9.17) is 4.98 Å². The molecule has 0 N–H and O–H groups in total. The van der Waals surface area contributed by atoms with Crippen LogP contribution in [0, 0.1) is 0 Å². The van der Waals surface area contributed by atoms with Crippen molar-refractivity contribution in [3.8, 4) is 95.0 Å². The summed E-state index contributed by atoms with van der Waals surface area (Å²) in [5, 5.41) is 4.79. The first-order valence-corrected chi connectivity index (χ1v) is 24.3. The van der Waals surface area contributed by atoms with Gasteiger partial charge in [0.2, 0.25) is 0 Å². The van der Waals surface area contributed by atoms with E-state index in [-0.39, 0.29) is 0 Å². The molecule has 332 valence electrons. The molecule has 0 aliphatic carbocycles. The number of hydrogen-bond donors (Lipinski definition) is 0. The summed E-state index contributed by atoms with van der Waals surface area (Å²) in [6, 6.07) is 101. The minimum absolute atomic E-state index is 0.910. The third-order valence-corrected chi connectivity index (χ3v) is 13.9. The van der Waals surface area contributed by atoms with Crippen LogP contribution in [0.15, 0.2) is 279 Å². The predicted octanol–water partition coefficient (Wildman–Crippen LogP) is 18.7. The Hall–Kier alpha value is -9.37. The summed E-state index contributed by atoms with van der Waals surface area (Å²) < 4.78 is 2.28. The topological polar surface area (TPSA) is 17.8 Å². The van der Waals surface area contributed by atoms with Crippen LogP contribution in [-0.4, -0.2) is 9.55 Å². The Kier molecular flexibility index (Phi) is 10.6. The molecule has 0 saturated carbocycles. The van der Waals surface area contributed by atoms with Gasteiger partial charge in [0.25, 0.3) is 0 Å². The Morgan fingerprint density at radius 1 is 0.225 bits per heavy atom. The lowest BCUT2D eigenvalue weighted by Crippen LogP contribution is -1.97. The van der Waals surface area contributed by atoms with Gasteiger partial charge in [0.05, 0.1) is 11.0 Å². The van der Waals surface area contributed by atoms with Gasteiger partial charge in [-0.25, -0.2) is 4.98 Å². The molecule has 0 aliphatic heterocycles. The number of rotatable bonds is 9. The second kappa shape index (κ2) is 17.9. The van der Waals surface area contributed by atoms with Gasteiger partial charge in [-0.05, 0) is 172 Å². The van der Waals surface area contributed by atoms with Crippen molar-refractivity contribution in [1.29, 1.82) is 0 Å². The molecule has 0 unspecified atom stereocenters. The molecule has 0 aliphatic rings. The van der Waals surface area contributed by atoms with Gasteiger partial charge in [0, 0.05) is 11.3 Å². The average Bonchev–Trinajstić information content (AvgIpc) is 3.85. The number of aromatic nitrogens is 2. The van der Waals surface area contributed by atoms with E-state index in [1.165, 1.54) is 88.3 Å². The number of nitrogens with zero attached hydrogens (tertiary/aromatic N) is 2. The van der Waals surface area contributed by atoms with E-state index in [1.807, 2.05) is 0 Å². The number of benzene rings is 12. The Morgan fingerprint density at radius 3 is 1.11 bits per heavy atom. The fourth-order valence-electron chi connectivity index (χ4n) is 10.6. The molecule has 13 aromatic rings. The Morgan fingerprint density at radius 2 is 0.592 bits per heavy atom. The van der Waals surface area contributed by atoms with Crippen molar-refractivity contribution in [2.24, 2.45) is 0 Å². The number of imidazole rings is 1. The van der Waals surface area contributed by atoms with E-state index >= 15 is 0 Å². The average molecular weight is 903 g/mol. The zero-order valence-corrected chi connectivity index (χ0v) is 39.0. The molecule has 2 nitrogen and oxygen atoms in total. The van der Waals surface area contributed by atoms with Crippen molar-refractivity contribution in [2.75, 3.05) is 0 Å².